The third kappa shape index (κ3) is 6.89. The number of anilines is 1. The molecule has 1 radical (unpaired) electrons. The zero-order chi connectivity index (χ0) is 27.0. The monoisotopic (exact) mass is 572 g/mol. The summed E-state index contributed by atoms with van der Waals surface area (Å²) in [6, 6.07) is 23.8. The van der Waals surface area contributed by atoms with Gasteiger partial charge >= 0.3 is 0 Å². The molecule has 0 amide bonds. The van der Waals surface area contributed by atoms with Crippen LogP contribution in [0.5, 0.6) is 11.5 Å². The second-order valence-electron chi connectivity index (χ2n) is 9.23. The Kier molecular flexibility index (Phi) is 10.7. The van der Waals surface area contributed by atoms with Crippen molar-refractivity contribution in [1.82, 2.24) is 0 Å². The molecule has 0 saturated heterocycles. The van der Waals surface area contributed by atoms with Crippen LogP contribution in [0.15, 0.2) is 94.8 Å². The van der Waals surface area contributed by atoms with Gasteiger partial charge < -0.3 is 24.2 Å². The Morgan fingerprint density at radius 1 is 0.974 bits per heavy atom. The number of fused-ring (bicyclic) bond motifs is 1. The molecule has 39 heavy (non-hydrogen) atoms. The molecule has 0 bridgehead atoms. The average molecular weight is 573 g/mol. The number of hydrogen-bond acceptors (Lipinski definition) is 6. The number of rotatable bonds is 11. The molecule has 207 valence electrons. The molecule has 4 rings (SSSR count). The van der Waals surface area contributed by atoms with E-state index in [2.05, 4.69) is 65.3 Å². The Balaban J connectivity index is 0.00000420. The van der Waals surface area contributed by atoms with Crippen molar-refractivity contribution in [3.8, 4) is 11.5 Å². The second kappa shape index (κ2) is 14.0. The van der Waals surface area contributed by atoms with E-state index in [0.717, 1.165) is 30.1 Å². The van der Waals surface area contributed by atoms with Gasteiger partial charge in [-0.25, -0.2) is 0 Å². The van der Waals surface area contributed by atoms with E-state index >= 15 is 0 Å². The van der Waals surface area contributed by atoms with Crippen LogP contribution in [0.25, 0.3) is 0 Å². The largest absolute Gasteiger partial charge is 0.497 e. The summed E-state index contributed by atoms with van der Waals surface area (Å²) in [5.74, 6) is 1.27. The van der Waals surface area contributed by atoms with Gasteiger partial charge in [0.15, 0.2) is 0 Å². The Morgan fingerprint density at radius 3 is 2.49 bits per heavy atom. The first-order valence-electron chi connectivity index (χ1n) is 12.7. The van der Waals surface area contributed by atoms with E-state index in [4.69, 9.17) is 14.2 Å². The quantitative estimate of drug-likeness (QED) is 0.133. The van der Waals surface area contributed by atoms with Crippen molar-refractivity contribution in [2.45, 2.75) is 25.7 Å². The molecule has 0 fully saturated rings. The first-order valence-corrected chi connectivity index (χ1v) is 12.7. The molecular weight excluding hydrogens is 537 g/mol. The van der Waals surface area contributed by atoms with Gasteiger partial charge in [0.05, 0.1) is 19.9 Å². The van der Waals surface area contributed by atoms with Crippen molar-refractivity contribution in [3.63, 3.8) is 0 Å². The summed E-state index contributed by atoms with van der Waals surface area (Å²) in [5.41, 5.74) is 4.93. The maximum absolute atomic E-state index is 10.5. The predicted octanol–water partition coefficient (Wildman–Crippen LogP) is 5.93. The summed E-state index contributed by atoms with van der Waals surface area (Å²) >= 11 is 0. The van der Waals surface area contributed by atoms with Gasteiger partial charge in [0.2, 0.25) is 5.90 Å². The molecule has 1 unspecified atom stereocenters. The number of aliphatic hydroxyl groups excluding tert-OH is 1. The van der Waals surface area contributed by atoms with Crippen LogP contribution < -0.4 is 14.4 Å². The van der Waals surface area contributed by atoms with Gasteiger partial charge in [-0.15, -0.1) is 5.10 Å². The van der Waals surface area contributed by atoms with Crippen LogP contribution in [0, 0.1) is 0 Å². The number of hydrogen-bond donors (Lipinski definition) is 1. The number of benzene rings is 3. The summed E-state index contributed by atoms with van der Waals surface area (Å²) < 4.78 is 16.2. The van der Waals surface area contributed by atoms with Crippen molar-refractivity contribution in [1.29, 1.82) is 0 Å². The number of allylic oxidation sites excluding steroid dienone is 2. The molecular formula is C31H35CoN3O4. The normalized spacial score (nSPS) is 17.8. The van der Waals surface area contributed by atoms with Gasteiger partial charge in [0.25, 0.3) is 0 Å². The summed E-state index contributed by atoms with van der Waals surface area (Å²) in [4.78, 5) is 2.30. The van der Waals surface area contributed by atoms with Crippen molar-refractivity contribution in [2.75, 3.05) is 38.9 Å². The molecule has 0 aliphatic carbocycles. The summed E-state index contributed by atoms with van der Waals surface area (Å²) in [7, 11) is 3.31. The van der Waals surface area contributed by atoms with Crippen molar-refractivity contribution in [3.05, 3.63) is 101 Å². The number of nitrogens with zero attached hydrogens (tertiary/aromatic N) is 3. The maximum Gasteiger partial charge on any atom is 0.238 e. The Hall–Kier alpha value is -3.59. The van der Waals surface area contributed by atoms with Crippen LogP contribution >= 0.6 is 0 Å². The third-order valence-corrected chi connectivity index (χ3v) is 6.76. The minimum Gasteiger partial charge on any atom is -0.497 e. The van der Waals surface area contributed by atoms with Gasteiger partial charge in [0, 0.05) is 52.8 Å². The molecule has 3 aromatic rings. The molecule has 8 heteroatoms. The molecule has 1 N–H and O–H groups in total. The molecule has 1 heterocycles. The standard InChI is InChI=1S/C31H35N3O4.Co/c1-5-34-28-15-14-25(37-4)21-27(28)31(2,22-23-10-7-6-8-11-23)29(34)16-17-32-33-30(35)24-12-9-13-26(20-24)38-19-18-36-3;/h6-17,20-21H,5,18-19,22H2,1-4H3,(H,33,35);/b29-16-,32-17+;. The molecule has 0 saturated carbocycles. The smallest absolute Gasteiger partial charge is 0.238 e. The van der Waals surface area contributed by atoms with E-state index in [-0.39, 0.29) is 28.1 Å². The summed E-state index contributed by atoms with van der Waals surface area (Å²) in [5, 5.41) is 18.7. The molecule has 0 aromatic heterocycles. The first kappa shape index (κ1) is 30.0. The number of likely N-dealkylation sites (N-methyl/N-ethyl adjacent to an activating group) is 1. The Labute approximate surface area is 241 Å². The van der Waals surface area contributed by atoms with Crippen LogP contribution in [0.2, 0.25) is 0 Å². The molecule has 7 nitrogen and oxygen atoms in total. The topological polar surface area (TPSA) is 75.9 Å². The van der Waals surface area contributed by atoms with E-state index in [0.29, 0.717) is 24.5 Å². The number of ether oxygens (including phenoxy) is 3. The van der Waals surface area contributed by atoms with Gasteiger partial charge in [-0.3, -0.25) is 0 Å². The SMILES string of the molecule is CCN1\C(=C/C=N/N=C(\O)c2cccc(OCCOC)c2)C(C)(Cc2ccccc2)c2cc(OC)ccc21.[Co]. The predicted molar refractivity (Wildman–Crippen MR) is 153 cm³/mol. The minimum atomic E-state index is -0.313. The Morgan fingerprint density at radius 2 is 1.77 bits per heavy atom. The first-order chi connectivity index (χ1) is 18.5. The van der Waals surface area contributed by atoms with Gasteiger partial charge in [-0.05, 0) is 73.9 Å². The minimum absolute atomic E-state index is 0. The fourth-order valence-electron chi connectivity index (χ4n) is 4.91. The van der Waals surface area contributed by atoms with Crippen LogP contribution in [0.1, 0.15) is 30.5 Å². The molecule has 1 aliphatic heterocycles. The maximum atomic E-state index is 10.5. The van der Waals surface area contributed by atoms with Crippen molar-refractivity contribution < 1.29 is 36.1 Å². The number of methoxy groups -OCH3 is 2. The molecule has 0 spiro atoms. The van der Waals surface area contributed by atoms with Gasteiger partial charge in [-0.2, -0.15) is 5.10 Å². The van der Waals surface area contributed by atoms with Crippen LogP contribution in [-0.4, -0.2) is 51.2 Å². The van der Waals surface area contributed by atoms with Crippen molar-refractivity contribution >= 4 is 17.8 Å². The van der Waals surface area contributed by atoms with E-state index in [1.54, 1.807) is 38.6 Å². The molecule has 1 aliphatic rings. The van der Waals surface area contributed by atoms with E-state index < -0.39 is 0 Å². The van der Waals surface area contributed by atoms with E-state index in [9.17, 15) is 5.11 Å². The number of aliphatic hydroxyl groups is 1. The molecule has 3 aromatic carbocycles. The zero-order valence-corrected chi connectivity index (χ0v) is 23.8. The summed E-state index contributed by atoms with van der Waals surface area (Å²) in [6.45, 7) is 6.10. The fourth-order valence-corrected chi connectivity index (χ4v) is 4.91. The van der Waals surface area contributed by atoms with Crippen LogP contribution in [0.3, 0.4) is 0 Å². The molecule has 1 atom stereocenters. The summed E-state index contributed by atoms with van der Waals surface area (Å²) in [6.07, 6.45) is 4.44. The van der Waals surface area contributed by atoms with Crippen LogP contribution in [0.4, 0.5) is 5.69 Å². The van der Waals surface area contributed by atoms with Gasteiger partial charge in [-0.1, -0.05) is 36.4 Å². The second-order valence-corrected chi connectivity index (χ2v) is 9.23. The fraction of sp³-hybridized carbons (Fsp3) is 0.290. The van der Waals surface area contributed by atoms with E-state index in [1.165, 1.54) is 11.1 Å². The van der Waals surface area contributed by atoms with Gasteiger partial charge in [0.1, 0.15) is 18.1 Å². The average Bonchev–Trinajstić information content (AvgIpc) is 3.17. The van der Waals surface area contributed by atoms with Crippen LogP contribution in [-0.2, 0) is 33.4 Å². The zero-order valence-electron chi connectivity index (χ0n) is 22.8. The van der Waals surface area contributed by atoms with E-state index in [1.807, 2.05) is 24.3 Å². The third-order valence-electron chi connectivity index (χ3n) is 6.76. The van der Waals surface area contributed by atoms with Crippen molar-refractivity contribution in [2.24, 2.45) is 10.2 Å². The Bertz CT molecular complexity index is 1330.